The Bertz CT molecular complexity index is 685. The lowest BCUT2D eigenvalue weighted by molar-refractivity contribution is -0.275. The van der Waals surface area contributed by atoms with Crippen molar-refractivity contribution in [2.45, 2.75) is 97.1 Å². The van der Waals surface area contributed by atoms with Gasteiger partial charge in [-0.2, -0.15) is 0 Å². The van der Waals surface area contributed by atoms with Crippen LogP contribution >= 0.6 is 0 Å². The first-order valence-corrected chi connectivity index (χ1v) is 11.3. The van der Waals surface area contributed by atoms with Gasteiger partial charge in [0, 0.05) is 18.8 Å². The lowest BCUT2D eigenvalue weighted by atomic mass is 9.78. The summed E-state index contributed by atoms with van der Waals surface area (Å²) in [5.41, 5.74) is 3.05. The topological polar surface area (TPSA) is 55.8 Å². The first kappa shape index (κ1) is 22.5. The maximum absolute atomic E-state index is 12.1. The molecule has 0 amide bonds. The van der Waals surface area contributed by atoms with Crippen molar-refractivity contribution >= 4 is 5.78 Å². The molecule has 1 spiro atoms. The molecular formula is C25H38O4. The monoisotopic (exact) mass is 402 g/mol. The van der Waals surface area contributed by atoms with Gasteiger partial charge in [-0.05, 0) is 88.5 Å². The number of aliphatic hydroxyl groups excluding tert-OH is 1. The SMILES string of the molecule is CC(C)=CCCC(C)CC[C@H]1CCC[C@]2(C=C(CO)[C@H]3CC(=O)C(C)=C[C@H]3O2)O1. The molecule has 1 N–H and O–H groups in total. The van der Waals surface area contributed by atoms with E-state index in [1.165, 1.54) is 12.0 Å². The van der Waals surface area contributed by atoms with Gasteiger partial charge in [0.05, 0.1) is 18.8 Å². The Morgan fingerprint density at radius 2 is 2.14 bits per heavy atom. The number of ether oxygens (including phenoxy) is 2. The van der Waals surface area contributed by atoms with Crippen LogP contribution in [0, 0.1) is 11.8 Å². The predicted octanol–water partition coefficient (Wildman–Crippen LogP) is 5.27. The van der Waals surface area contributed by atoms with Crippen LogP contribution in [0.2, 0.25) is 0 Å². The molecule has 0 radical (unpaired) electrons. The van der Waals surface area contributed by atoms with E-state index in [1.807, 2.05) is 19.1 Å². The number of carbonyl (C=O) groups excluding carboxylic acids is 1. The fraction of sp³-hybridized carbons (Fsp3) is 0.720. The number of hydrogen-bond donors (Lipinski definition) is 1. The molecule has 0 aromatic heterocycles. The molecule has 0 saturated carbocycles. The summed E-state index contributed by atoms with van der Waals surface area (Å²) in [5.74, 6) is 0.0303. The molecule has 4 nitrogen and oxygen atoms in total. The van der Waals surface area contributed by atoms with Gasteiger partial charge >= 0.3 is 0 Å². The van der Waals surface area contributed by atoms with Crippen LogP contribution in [0.25, 0.3) is 0 Å². The molecule has 4 heteroatoms. The van der Waals surface area contributed by atoms with Gasteiger partial charge in [0.2, 0.25) is 0 Å². The van der Waals surface area contributed by atoms with E-state index in [1.54, 1.807) is 0 Å². The molecule has 29 heavy (non-hydrogen) atoms. The maximum Gasteiger partial charge on any atom is 0.189 e. The second-order valence-electron chi connectivity index (χ2n) is 9.53. The highest BCUT2D eigenvalue weighted by atomic mass is 16.7. The molecule has 3 aliphatic rings. The molecule has 162 valence electrons. The average molecular weight is 403 g/mol. The van der Waals surface area contributed by atoms with Crippen LogP contribution in [0.4, 0.5) is 0 Å². The van der Waals surface area contributed by atoms with Crippen LogP contribution in [0.1, 0.15) is 79.1 Å². The van der Waals surface area contributed by atoms with Crippen LogP contribution < -0.4 is 0 Å². The van der Waals surface area contributed by atoms with Crippen LogP contribution in [0.5, 0.6) is 0 Å². The third kappa shape index (κ3) is 5.68. The second kappa shape index (κ2) is 9.72. The van der Waals surface area contributed by atoms with Crippen molar-refractivity contribution in [2.75, 3.05) is 6.61 Å². The standard InChI is InChI=1S/C25H38O4/c1-17(2)7-5-8-18(3)10-11-21-9-6-12-25(28-21)15-20(16-26)22-14-23(27)19(4)13-24(22)29-25/h7,13,15,18,21-22,24,26H,5-6,8-12,14,16H2,1-4H3/t18?,21-,22-,24-,25+/m1/s1. The van der Waals surface area contributed by atoms with E-state index in [9.17, 15) is 9.90 Å². The highest BCUT2D eigenvalue weighted by molar-refractivity contribution is 5.96. The third-order valence-electron chi connectivity index (χ3n) is 6.67. The Kier molecular flexibility index (Phi) is 7.53. The van der Waals surface area contributed by atoms with E-state index in [0.29, 0.717) is 12.3 Å². The van der Waals surface area contributed by atoms with Crippen molar-refractivity contribution in [3.05, 3.63) is 34.9 Å². The van der Waals surface area contributed by atoms with Gasteiger partial charge in [0.1, 0.15) is 0 Å². The molecule has 5 atom stereocenters. The molecule has 0 aromatic rings. The van der Waals surface area contributed by atoms with Gasteiger partial charge in [-0.1, -0.05) is 18.6 Å². The Hall–Kier alpha value is -1.23. The average Bonchev–Trinajstić information content (AvgIpc) is 2.67. The number of allylic oxidation sites excluding steroid dienone is 3. The molecule has 0 bridgehead atoms. The summed E-state index contributed by atoms with van der Waals surface area (Å²) in [5, 5.41) is 9.94. The smallest absolute Gasteiger partial charge is 0.189 e. The van der Waals surface area contributed by atoms with Crippen LogP contribution in [0.3, 0.4) is 0 Å². The second-order valence-corrected chi connectivity index (χ2v) is 9.53. The Balaban J connectivity index is 1.62. The lowest BCUT2D eigenvalue weighted by Gasteiger charge is -2.47. The van der Waals surface area contributed by atoms with Crippen molar-refractivity contribution in [3.63, 3.8) is 0 Å². The summed E-state index contributed by atoms with van der Waals surface area (Å²) in [4.78, 5) is 12.1. The van der Waals surface area contributed by atoms with Gasteiger partial charge in [0.15, 0.2) is 11.6 Å². The molecule has 1 fully saturated rings. The Labute approximate surface area is 176 Å². The molecule has 1 unspecified atom stereocenters. The van der Waals surface area contributed by atoms with Crippen molar-refractivity contribution in [3.8, 4) is 0 Å². The normalized spacial score (nSPS) is 33.0. The van der Waals surface area contributed by atoms with E-state index in [2.05, 4.69) is 26.8 Å². The Morgan fingerprint density at radius 3 is 2.86 bits per heavy atom. The zero-order chi connectivity index (χ0) is 21.0. The number of aliphatic hydroxyl groups is 1. The molecule has 1 aliphatic carbocycles. The zero-order valence-electron chi connectivity index (χ0n) is 18.6. The first-order valence-electron chi connectivity index (χ1n) is 11.3. The third-order valence-corrected chi connectivity index (χ3v) is 6.67. The molecule has 1 saturated heterocycles. The van der Waals surface area contributed by atoms with Crippen molar-refractivity contribution in [2.24, 2.45) is 11.8 Å². The quantitative estimate of drug-likeness (QED) is 0.590. The number of hydrogen-bond acceptors (Lipinski definition) is 4. The fourth-order valence-electron chi connectivity index (χ4n) is 4.85. The van der Waals surface area contributed by atoms with Gasteiger partial charge in [-0.25, -0.2) is 0 Å². The van der Waals surface area contributed by atoms with Crippen molar-refractivity contribution in [1.82, 2.24) is 0 Å². The van der Waals surface area contributed by atoms with Crippen molar-refractivity contribution < 1.29 is 19.4 Å². The summed E-state index contributed by atoms with van der Waals surface area (Å²) in [6.07, 6.45) is 14.2. The number of rotatable bonds is 7. The summed E-state index contributed by atoms with van der Waals surface area (Å²) in [6.45, 7) is 8.45. The minimum absolute atomic E-state index is 0.0398. The van der Waals surface area contributed by atoms with E-state index < -0.39 is 5.79 Å². The summed E-state index contributed by atoms with van der Waals surface area (Å²) in [6, 6.07) is 0. The number of ketones is 1. The number of fused-ring (bicyclic) bond motifs is 1. The van der Waals surface area contributed by atoms with Crippen molar-refractivity contribution in [1.29, 1.82) is 0 Å². The fourth-order valence-corrected chi connectivity index (χ4v) is 4.85. The van der Waals surface area contributed by atoms with Gasteiger partial charge < -0.3 is 14.6 Å². The number of Topliss-reactive ketones (excluding diaryl/α,β-unsaturated/α-hetero) is 1. The zero-order valence-corrected chi connectivity index (χ0v) is 18.6. The summed E-state index contributed by atoms with van der Waals surface area (Å²) >= 11 is 0. The first-order chi connectivity index (χ1) is 13.8. The van der Waals surface area contributed by atoms with Gasteiger partial charge in [-0.15, -0.1) is 0 Å². The van der Waals surface area contributed by atoms with E-state index >= 15 is 0 Å². The highest BCUT2D eigenvalue weighted by Crippen LogP contribution is 2.43. The van der Waals surface area contributed by atoms with Gasteiger partial charge in [-0.3, -0.25) is 4.79 Å². The molecular weight excluding hydrogens is 364 g/mol. The van der Waals surface area contributed by atoms with E-state index in [-0.39, 0.29) is 30.5 Å². The summed E-state index contributed by atoms with van der Waals surface area (Å²) in [7, 11) is 0. The largest absolute Gasteiger partial charge is 0.392 e. The van der Waals surface area contributed by atoms with Crippen LogP contribution in [0.15, 0.2) is 34.9 Å². The summed E-state index contributed by atoms with van der Waals surface area (Å²) < 4.78 is 13.0. The van der Waals surface area contributed by atoms with Gasteiger partial charge in [0.25, 0.3) is 0 Å². The molecule has 2 heterocycles. The highest BCUT2D eigenvalue weighted by Gasteiger charge is 2.46. The van der Waals surface area contributed by atoms with Crippen LogP contribution in [-0.4, -0.2) is 35.5 Å². The molecule has 0 aromatic carbocycles. The van der Waals surface area contributed by atoms with E-state index in [0.717, 1.165) is 49.7 Å². The van der Waals surface area contributed by atoms with E-state index in [4.69, 9.17) is 9.47 Å². The molecule has 2 aliphatic heterocycles. The number of carbonyl (C=O) groups is 1. The molecule has 3 rings (SSSR count). The maximum atomic E-state index is 12.1. The minimum Gasteiger partial charge on any atom is -0.392 e. The Morgan fingerprint density at radius 1 is 1.34 bits per heavy atom. The lowest BCUT2D eigenvalue weighted by Crippen LogP contribution is -2.50. The minimum atomic E-state index is -0.745. The predicted molar refractivity (Wildman–Crippen MR) is 115 cm³/mol. The van der Waals surface area contributed by atoms with Crippen LogP contribution in [-0.2, 0) is 14.3 Å².